The third-order valence-electron chi connectivity index (χ3n) is 4.82. The lowest BCUT2D eigenvalue weighted by Crippen LogP contribution is -2.37. The molecule has 1 saturated carbocycles. The van der Waals surface area contributed by atoms with Gasteiger partial charge in [-0.3, -0.25) is 5.43 Å². The van der Waals surface area contributed by atoms with Gasteiger partial charge in [-0.25, -0.2) is 15.0 Å². The van der Waals surface area contributed by atoms with E-state index < -0.39 is 0 Å². The minimum absolute atomic E-state index is 0.578. The lowest BCUT2D eigenvalue weighted by molar-refractivity contribution is 0.227. The topological polar surface area (TPSA) is 53.1 Å². The second-order valence-corrected chi connectivity index (χ2v) is 6.05. The van der Waals surface area contributed by atoms with E-state index in [2.05, 4.69) is 32.8 Å². The summed E-state index contributed by atoms with van der Waals surface area (Å²) < 4.78 is 0. The lowest BCUT2D eigenvalue weighted by atomic mass is 9.78. The van der Waals surface area contributed by atoms with Gasteiger partial charge in [0.05, 0.1) is 0 Å². The number of nitrogens with one attached hydrogen (secondary N) is 2. The van der Waals surface area contributed by atoms with Crippen LogP contribution in [0.5, 0.6) is 0 Å². The molecule has 20 heavy (non-hydrogen) atoms. The summed E-state index contributed by atoms with van der Waals surface area (Å²) in [7, 11) is 2.09. The molecule has 1 aliphatic heterocycles. The van der Waals surface area contributed by atoms with Crippen molar-refractivity contribution in [1.82, 2.24) is 20.3 Å². The third-order valence-corrected chi connectivity index (χ3v) is 4.82. The quantitative estimate of drug-likeness (QED) is 0.879. The molecule has 3 rings (SSSR count). The Morgan fingerprint density at radius 1 is 1.10 bits per heavy atom. The largest absolute Gasteiger partial charge is 0.315 e. The van der Waals surface area contributed by atoms with E-state index in [1.54, 1.807) is 12.4 Å². The molecule has 1 saturated heterocycles. The van der Waals surface area contributed by atoms with Crippen LogP contribution in [0.2, 0.25) is 0 Å². The Labute approximate surface area is 121 Å². The maximum absolute atomic E-state index is 4.25. The summed E-state index contributed by atoms with van der Waals surface area (Å²) in [6.45, 7) is 2.12. The molecule has 2 atom stereocenters. The van der Waals surface area contributed by atoms with Crippen LogP contribution < -0.4 is 10.7 Å². The van der Waals surface area contributed by atoms with Gasteiger partial charge in [0.15, 0.2) is 0 Å². The number of hydrogen-bond acceptors (Lipinski definition) is 5. The fourth-order valence-corrected chi connectivity index (χ4v) is 3.76. The summed E-state index contributed by atoms with van der Waals surface area (Å²) in [4.78, 5) is 8.49. The maximum atomic E-state index is 4.25. The van der Waals surface area contributed by atoms with Crippen molar-refractivity contribution in [3.63, 3.8) is 0 Å². The van der Waals surface area contributed by atoms with Crippen LogP contribution in [0.1, 0.15) is 32.1 Å². The number of nitrogens with zero attached hydrogens (tertiary/aromatic N) is 3. The van der Waals surface area contributed by atoms with Gasteiger partial charge in [0, 0.05) is 31.5 Å². The highest BCUT2D eigenvalue weighted by atomic mass is 15.5. The van der Waals surface area contributed by atoms with Crippen molar-refractivity contribution in [3.8, 4) is 0 Å². The molecule has 2 unspecified atom stereocenters. The van der Waals surface area contributed by atoms with Crippen molar-refractivity contribution in [1.29, 1.82) is 0 Å². The third kappa shape index (κ3) is 3.10. The number of anilines is 1. The summed E-state index contributed by atoms with van der Waals surface area (Å²) in [6.07, 6.45) is 10.6. The number of likely N-dealkylation sites (N-methyl/N-ethyl adjacent to an activating group) is 1. The van der Waals surface area contributed by atoms with Gasteiger partial charge >= 0.3 is 0 Å². The Bertz CT molecular complexity index is 404. The fourth-order valence-electron chi connectivity index (χ4n) is 3.76. The highest BCUT2D eigenvalue weighted by molar-refractivity contribution is 5.21. The van der Waals surface area contributed by atoms with Crippen LogP contribution in [-0.4, -0.2) is 41.2 Å². The standard InChI is InChI=1S/C15H25N5/c1-16-14-11-20(19-15-17-8-5-9-18-15)10-13(14)12-6-3-2-4-7-12/h5,8-9,12-14,16H,2-4,6-7,10-11H2,1H3,(H,17,18,19). The van der Waals surface area contributed by atoms with Crippen molar-refractivity contribution < 1.29 is 0 Å². The van der Waals surface area contributed by atoms with E-state index in [9.17, 15) is 0 Å². The first kappa shape index (κ1) is 13.8. The van der Waals surface area contributed by atoms with E-state index in [1.807, 2.05) is 6.07 Å². The minimum atomic E-state index is 0.578. The Balaban J connectivity index is 1.61. The Hall–Kier alpha value is -1.20. The van der Waals surface area contributed by atoms with Crippen molar-refractivity contribution in [3.05, 3.63) is 18.5 Å². The van der Waals surface area contributed by atoms with E-state index in [4.69, 9.17) is 0 Å². The van der Waals surface area contributed by atoms with E-state index >= 15 is 0 Å². The lowest BCUT2D eigenvalue weighted by Gasteiger charge is -2.30. The van der Waals surface area contributed by atoms with Crippen molar-refractivity contribution in [2.24, 2.45) is 11.8 Å². The Kier molecular flexibility index (Phi) is 4.47. The van der Waals surface area contributed by atoms with E-state index in [-0.39, 0.29) is 0 Å². The summed E-state index contributed by atoms with van der Waals surface area (Å²) in [5, 5.41) is 5.78. The predicted molar refractivity (Wildman–Crippen MR) is 80.1 cm³/mol. The molecule has 0 radical (unpaired) electrons. The zero-order valence-corrected chi connectivity index (χ0v) is 12.3. The SMILES string of the molecule is CNC1CN(Nc2ncccn2)CC1C1CCCCC1. The molecular formula is C15H25N5. The van der Waals surface area contributed by atoms with Crippen LogP contribution in [0.3, 0.4) is 0 Å². The monoisotopic (exact) mass is 275 g/mol. The summed E-state index contributed by atoms with van der Waals surface area (Å²) >= 11 is 0. The Morgan fingerprint density at radius 2 is 1.85 bits per heavy atom. The number of rotatable bonds is 4. The predicted octanol–water partition coefficient (Wildman–Crippen LogP) is 1.90. The molecule has 1 aromatic heterocycles. The molecule has 2 aliphatic rings. The van der Waals surface area contributed by atoms with Crippen LogP contribution in [0, 0.1) is 11.8 Å². The van der Waals surface area contributed by atoms with E-state index in [0.29, 0.717) is 12.0 Å². The van der Waals surface area contributed by atoms with Crippen LogP contribution in [-0.2, 0) is 0 Å². The van der Waals surface area contributed by atoms with Gasteiger partial charge in [0.2, 0.25) is 5.95 Å². The van der Waals surface area contributed by atoms with Crippen LogP contribution in [0.15, 0.2) is 18.5 Å². The first-order chi connectivity index (χ1) is 9.86. The summed E-state index contributed by atoms with van der Waals surface area (Å²) in [5.41, 5.74) is 3.35. The molecule has 2 N–H and O–H groups in total. The second kappa shape index (κ2) is 6.50. The van der Waals surface area contributed by atoms with Crippen LogP contribution >= 0.6 is 0 Å². The van der Waals surface area contributed by atoms with Crippen LogP contribution in [0.4, 0.5) is 5.95 Å². The zero-order valence-electron chi connectivity index (χ0n) is 12.3. The highest BCUT2D eigenvalue weighted by Crippen LogP contribution is 2.35. The minimum Gasteiger partial charge on any atom is -0.315 e. The van der Waals surface area contributed by atoms with Crippen molar-refractivity contribution in [2.45, 2.75) is 38.1 Å². The van der Waals surface area contributed by atoms with E-state index in [1.165, 1.54) is 32.1 Å². The summed E-state index contributed by atoms with van der Waals surface area (Å²) in [6, 6.07) is 2.42. The zero-order chi connectivity index (χ0) is 13.8. The van der Waals surface area contributed by atoms with Gasteiger partial charge in [0.25, 0.3) is 0 Å². The fraction of sp³-hybridized carbons (Fsp3) is 0.733. The second-order valence-electron chi connectivity index (χ2n) is 6.05. The molecule has 5 nitrogen and oxygen atoms in total. The van der Waals surface area contributed by atoms with Crippen molar-refractivity contribution in [2.75, 3.05) is 25.6 Å². The van der Waals surface area contributed by atoms with Crippen molar-refractivity contribution >= 4 is 5.95 Å². The first-order valence-electron chi connectivity index (χ1n) is 7.82. The highest BCUT2D eigenvalue weighted by Gasteiger charge is 2.37. The molecule has 0 bridgehead atoms. The van der Waals surface area contributed by atoms with E-state index in [0.717, 1.165) is 24.9 Å². The molecule has 5 heteroatoms. The Morgan fingerprint density at radius 3 is 2.55 bits per heavy atom. The number of hydrazine groups is 1. The van der Waals surface area contributed by atoms with Gasteiger partial charge in [-0.1, -0.05) is 32.1 Å². The number of aromatic nitrogens is 2. The normalized spacial score (nSPS) is 28.6. The van der Waals surface area contributed by atoms with Gasteiger partial charge in [-0.15, -0.1) is 0 Å². The molecule has 110 valence electrons. The maximum Gasteiger partial charge on any atom is 0.237 e. The first-order valence-corrected chi connectivity index (χ1v) is 7.82. The molecule has 0 aromatic carbocycles. The molecule has 2 heterocycles. The molecule has 0 amide bonds. The molecule has 1 aliphatic carbocycles. The smallest absolute Gasteiger partial charge is 0.237 e. The van der Waals surface area contributed by atoms with Crippen LogP contribution in [0.25, 0.3) is 0 Å². The molecule has 1 aromatic rings. The van der Waals surface area contributed by atoms with Gasteiger partial charge in [-0.05, 0) is 24.9 Å². The van der Waals surface area contributed by atoms with Gasteiger partial charge in [0.1, 0.15) is 0 Å². The van der Waals surface area contributed by atoms with Gasteiger partial charge < -0.3 is 5.32 Å². The van der Waals surface area contributed by atoms with Gasteiger partial charge in [-0.2, -0.15) is 0 Å². The molecular weight excluding hydrogens is 250 g/mol. The number of hydrogen-bond donors (Lipinski definition) is 2. The molecule has 0 spiro atoms. The molecule has 2 fully saturated rings. The summed E-state index contributed by atoms with van der Waals surface area (Å²) in [5.74, 6) is 2.33. The average molecular weight is 275 g/mol. The average Bonchev–Trinajstić information content (AvgIpc) is 2.92.